The van der Waals surface area contributed by atoms with Crippen LogP contribution in [0.25, 0.3) is 0 Å². The summed E-state index contributed by atoms with van der Waals surface area (Å²) in [6.07, 6.45) is 1.15. The molecular formula is C15H23N3O2. The summed E-state index contributed by atoms with van der Waals surface area (Å²) in [7, 11) is 2.11. The molecule has 5 nitrogen and oxygen atoms in total. The first kappa shape index (κ1) is 14.8. The zero-order chi connectivity index (χ0) is 14.4. The van der Waals surface area contributed by atoms with Gasteiger partial charge in [-0.2, -0.15) is 0 Å². The third-order valence-electron chi connectivity index (χ3n) is 3.61. The number of ether oxygens (including phenoxy) is 1. The van der Waals surface area contributed by atoms with Gasteiger partial charge in [-0.15, -0.1) is 0 Å². The maximum atomic E-state index is 11.7. The van der Waals surface area contributed by atoms with Crippen molar-refractivity contribution in [2.24, 2.45) is 11.7 Å². The van der Waals surface area contributed by atoms with Crippen molar-refractivity contribution in [3.05, 3.63) is 29.8 Å². The Hall–Kier alpha value is -1.59. The normalized spacial score (nSPS) is 19.0. The molecule has 1 atom stereocenters. The average molecular weight is 277 g/mol. The first-order valence-electron chi connectivity index (χ1n) is 7.04. The van der Waals surface area contributed by atoms with Gasteiger partial charge in [-0.1, -0.05) is 12.1 Å². The van der Waals surface area contributed by atoms with Gasteiger partial charge in [0, 0.05) is 19.6 Å². The van der Waals surface area contributed by atoms with Gasteiger partial charge in [0.25, 0.3) is 5.91 Å². The SMILES string of the molecule is CN1CCC(CNC(=O)COc2ccc(CN)cc2)C1. The summed E-state index contributed by atoms with van der Waals surface area (Å²) in [5, 5.41) is 2.93. The van der Waals surface area contributed by atoms with E-state index in [4.69, 9.17) is 10.5 Å². The maximum absolute atomic E-state index is 11.7. The van der Waals surface area contributed by atoms with Crippen LogP contribution in [-0.2, 0) is 11.3 Å². The predicted octanol–water partition coefficient (Wildman–Crippen LogP) is 0.592. The monoisotopic (exact) mass is 277 g/mol. The maximum Gasteiger partial charge on any atom is 0.257 e. The molecule has 1 aromatic rings. The van der Waals surface area contributed by atoms with Crippen molar-refractivity contribution in [3.63, 3.8) is 0 Å². The summed E-state index contributed by atoms with van der Waals surface area (Å²) < 4.78 is 5.44. The Morgan fingerprint density at radius 2 is 2.20 bits per heavy atom. The van der Waals surface area contributed by atoms with Crippen molar-refractivity contribution in [3.8, 4) is 5.75 Å². The molecule has 3 N–H and O–H groups in total. The number of carbonyl (C=O) groups excluding carboxylic acids is 1. The number of hydrogen-bond donors (Lipinski definition) is 2. The highest BCUT2D eigenvalue weighted by Crippen LogP contribution is 2.13. The van der Waals surface area contributed by atoms with Gasteiger partial charge < -0.3 is 20.7 Å². The van der Waals surface area contributed by atoms with Gasteiger partial charge in [0.2, 0.25) is 0 Å². The highest BCUT2D eigenvalue weighted by atomic mass is 16.5. The van der Waals surface area contributed by atoms with E-state index in [2.05, 4.69) is 17.3 Å². The van der Waals surface area contributed by atoms with Crippen LogP contribution in [-0.4, -0.2) is 44.1 Å². The number of likely N-dealkylation sites (tertiary alicyclic amines) is 1. The number of nitrogens with two attached hydrogens (primary N) is 1. The molecule has 1 heterocycles. The Morgan fingerprint density at radius 3 is 2.80 bits per heavy atom. The van der Waals surface area contributed by atoms with Gasteiger partial charge in [-0.3, -0.25) is 4.79 Å². The third kappa shape index (κ3) is 4.51. The number of carbonyl (C=O) groups is 1. The van der Waals surface area contributed by atoms with Crippen molar-refractivity contribution >= 4 is 5.91 Å². The molecule has 1 fully saturated rings. The van der Waals surface area contributed by atoms with Gasteiger partial charge >= 0.3 is 0 Å². The number of nitrogens with zero attached hydrogens (tertiary/aromatic N) is 1. The van der Waals surface area contributed by atoms with Gasteiger partial charge in [-0.05, 0) is 43.6 Å². The van der Waals surface area contributed by atoms with Gasteiger partial charge in [0.15, 0.2) is 6.61 Å². The summed E-state index contributed by atoms with van der Waals surface area (Å²) >= 11 is 0. The zero-order valence-electron chi connectivity index (χ0n) is 12.0. The van der Waals surface area contributed by atoms with Crippen LogP contribution in [0.4, 0.5) is 0 Å². The highest BCUT2D eigenvalue weighted by Gasteiger charge is 2.19. The molecule has 1 saturated heterocycles. The molecule has 1 aliphatic rings. The van der Waals surface area contributed by atoms with Crippen LogP contribution in [0.3, 0.4) is 0 Å². The Bertz CT molecular complexity index is 433. The van der Waals surface area contributed by atoms with E-state index in [1.54, 1.807) is 0 Å². The Labute approximate surface area is 120 Å². The van der Waals surface area contributed by atoms with Crippen LogP contribution in [0.15, 0.2) is 24.3 Å². The summed E-state index contributed by atoms with van der Waals surface area (Å²) in [4.78, 5) is 14.0. The molecule has 20 heavy (non-hydrogen) atoms. The van der Waals surface area contributed by atoms with Crippen molar-refractivity contribution in [1.29, 1.82) is 0 Å². The predicted molar refractivity (Wildman–Crippen MR) is 78.4 cm³/mol. The lowest BCUT2D eigenvalue weighted by Gasteiger charge is -2.12. The second-order valence-corrected chi connectivity index (χ2v) is 5.36. The molecule has 1 amide bonds. The minimum absolute atomic E-state index is 0.0601. The van der Waals surface area contributed by atoms with Gasteiger partial charge in [0.1, 0.15) is 5.75 Å². The summed E-state index contributed by atoms with van der Waals surface area (Å²) in [5.41, 5.74) is 6.57. The Balaban J connectivity index is 1.66. The molecule has 0 spiro atoms. The van der Waals surface area contributed by atoms with E-state index in [0.717, 1.165) is 31.6 Å². The van der Waals surface area contributed by atoms with Crippen LogP contribution in [0.5, 0.6) is 5.75 Å². The molecule has 5 heteroatoms. The van der Waals surface area contributed by atoms with Crippen molar-refractivity contribution < 1.29 is 9.53 Å². The van der Waals surface area contributed by atoms with E-state index in [-0.39, 0.29) is 12.5 Å². The summed E-state index contributed by atoms with van der Waals surface area (Å²) in [5.74, 6) is 1.19. The van der Waals surface area contributed by atoms with Crippen LogP contribution >= 0.6 is 0 Å². The number of rotatable bonds is 6. The molecule has 0 radical (unpaired) electrons. The average Bonchev–Trinajstić information content (AvgIpc) is 2.89. The van der Waals surface area contributed by atoms with Crippen molar-refractivity contribution in [2.45, 2.75) is 13.0 Å². The van der Waals surface area contributed by atoms with E-state index in [0.29, 0.717) is 18.2 Å². The van der Waals surface area contributed by atoms with Crippen LogP contribution in [0.1, 0.15) is 12.0 Å². The quantitative estimate of drug-likeness (QED) is 0.799. The second-order valence-electron chi connectivity index (χ2n) is 5.36. The summed E-state index contributed by atoms with van der Waals surface area (Å²) in [6.45, 7) is 3.48. The topological polar surface area (TPSA) is 67.6 Å². The zero-order valence-corrected chi connectivity index (χ0v) is 12.0. The largest absolute Gasteiger partial charge is 0.484 e. The van der Waals surface area contributed by atoms with Gasteiger partial charge in [0.05, 0.1) is 0 Å². The van der Waals surface area contributed by atoms with Crippen LogP contribution in [0.2, 0.25) is 0 Å². The second kappa shape index (κ2) is 7.26. The molecule has 0 saturated carbocycles. The number of benzene rings is 1. The molecule has 0 aromatic heterocycles. The Morgan fingerprint density at radius 1 is 1.45 bits per heavy atom. The molecule has 110 valence electrons. The molecule has 1 aromatic carbocycles. The molecule has 2 rings (SSSR count). The van der Waals surface area contributed by atoms with Crippen LogP contribution in [0, 0.1) is 5.92 Å². The van der Waals surface area contributed by atoms with Crippen molar-refractivity contribution in [1.82, 2.24) is 10.2 Å². The smallest absolute Gasteiger partial charge is 0.257 e. The number of nitrogens with one attached hydrogen (secondary N) is 1. The van der Waals surface area contributed by atoms with Gasteiger partial charge in [-0.25, -0.2) is 0 Å². The fourth-order valence-electron chi connectivity index (χ4n) is 2.37. The first-order chi connectivity index (χ1) is 9.67. The molecule has 0 aliphatic carbocycles. The molecule has 1 aliphatic heterocycles. The Kier molecular flexibility index (Phi) is 5.38. The van der Waals surface area contributed by atoms with E-state index in [1.165, 1.54) is 0 Å². The standard InChI is InChI=1S/C15H23N3O2/c1-18-7-6-13(10-18)9-17-15(19)11-20-14-4-2-12(8-16)3-5-14/h2-5,13H,6-11,16H2,1H3,(H,17,19). The fraction of sp³-hybridized carbons (Fsp3) is 0.533. The van der Waals surface area contributed by atoms with Crippen LogP contribution < -0.4 is 15.8 Å². The lowest BCUT2D eigenvalue weighted by atomic mass is 10.1. The highest BCUT2D eigenvalue weighted by molar-refractivity contribution is 5.77. The fourth-order valence-corrected chi connectivity index (χ4v) is 2.37. The minimum Gasteiger partial charge on any atom is -0.484 e. The minimum atomic E-state index is -0.0672. The van der Waals surface area contributed by atoms with E-state index >= 15 is 0 Å². The van der Waals surface area contributed by atoms with E-state index in [1.807, 2.05) is 24.3 Å². The van der Waals surface area contributed by atoms with Crippen molar-refractivity contribution in [2.75, 3.05) is 33.3 Å². The molecule has 1 unspecified atom stereocenters. The first-order valence-corrected chi connectivity index (χ1v) is 7.04. The number of hydrogen-bond acceptors (Lipinski definition) is 4. The number of amides is 1. The van der Waals surface area contributed by atoms with E-state index < -0.39 is 0 Å². The van der Waals surface area contributed by atoms with E-state index in [9.17, 15) is 4.79 Å². The lowest BCUT2D eigenvalue weighted by Crippen LogP contribution is -2.33. The lowest BCUT2D eigenvalue weighted by molar-refractivity contribution is -0.123. The molecular weight excluding hydrogens is 254 g/mol. The molecule has 0 bridgehead atoms. The third-order valence-corrected chi connectivity index (χ3v) is 3.61. The summed E-state index contributed by atoms with van der Waals surface area (Å²) in [6, 6.07) is 7.48.